The molecule has 12 nitrogen and oxygen atoms in total. The number of rotatable bonds is 13. The average Bonchev–Trinajstić information content (AvgIpc) is 3.42. The third-order valence-electron chi connectivity index (χ3n) is 8.97. The number of esters is 1. The van der Waals surface area contributed by atoms with Crippen LogP contribution in [0.1, 0.15) is 89.0 Å². The van der Waals surface area contributed by atoms with Crippen LogP contribution in [0.5, 0.6) is 0 Å². The fraction of sp³-hybridized carbons (Fsp3) is 0.677. The molecular weight excluding hydrogens is 649 g/mol. The molecule has 3 fully saturated rings. The molecule has 1 heterocycles. The van der Waals surface area contributed by atoms with Crippen LogP contribution in [0.3, 0.4) is 0 Å². The van der Waals surface area contributed by atoms with Crippen LogP contribution in [-0.2, 0) is 40.6 Å². The van der Waals surface area contributed by atoms with Crippen LogP contribution in [0.2, 0.25) is 5.02 Å². The van der Waals surface area contributed by atoms with E-state index in [1.54, 1.807) is 24.3 Å². The van der Waals surface area contributed by atoms with Gasteiger partial charge in [-0.2, -0.15) is 0 Å². The number of carbonyl (C=O) groups is 4. The second-order valence-corrected chi connectivity index (χ2v) is 14.3. The Morgan fingerprint density at radius 3 is 2.26 bits per heavy atom. The minimum atomic E-state index is -5.28. The summed E-state index contributed by atoms with van der Waals surface area (Å²) in [5.74, 6) is -3.06. The maximum absolute atomic E-state index is 13.8. The van der Waals surface area contributed by atoms with Gasteiger partial charge in [0, 0.05) is 17.5 Å². The molecule has 0 spiro atoms. The van der Waals surface area contributed by atoms with Gasteiger partial charge in [-0.1, -0.05) is 75.1 Å². The number of hydrogen-bond donors (Lipinski definition) is 3. The van der Waals surface area contributed by atoms with Gasteiger partial charge in [0.15, 0.2) is 0 Å². The molecule has 46 heavy (non-hydrogen) atoms. The van der Waals surface area contributed by atoms with E-state index in [0.717, 1.165) is 51.4 Å². The molecule has 1 unspecified atom stereocenters. The predicted molar refractivity (Wildman–Crippen MR) is 164 cm³/mol. The third kappa shape index (κ3) is 12.0. The Balaban J connectivity index is 0.00000576. The quantitative estimate of drug-likeness (QED) is 0.154. The number of carbonyl (C=O) groups excluding carboxylic acids is 4. The molecule has 1 aromatic rings. The number of amides is 3. The fourth-order valence-corrected chi connectivity index (χ4v) is 7.54. The first kappa shape index (κ1) is 38.5. The molecule has 1 saturated heterocycles. The Hall–Kier alpha value is -1.90. The van der Waals surface area contributed by atoms with Crippen molar-refractivity contribution in [3.63, 3.8) is 0 Å². The largest absolute Gasteiger partial charge is 1.00 e. The summed E-state index contributed by atoms with van der Waals surface area (Å²) >= 11 is 6.02. The first-order valence-electron chi connectivity index (χ1n) is 15.9. The summed E-state index contributed by atoms with van der Waals surface area (Å²) < 4.78 is 48.4. The Morgan fingerprint density at radius 2 is 1.65 bits per heavy atom. The van der Waals surface area contributed by atoms with Crippen molar-refractivity contribution < 1.29 is 71.2 Å². The van der Waals surface area contributed by atoms with Crippen molar-refractivity contribution in [3.05, 3.63) is 34.9 Å². The van der Waals surface area contributed by atoms with Crippen LogP contribution in [0.25, 0.3) is 0 Å². The summed E-state index contributed by atoms with van der Waals surface area (Å²) in [4.78, 5) is 52.1. The minimum absolute atomic E-state index is 0. The first-order valence-corrected chi connectivity index (χ1v) is 17.8. The van der Waals surface area contributed by atoms with Crippen molar-refractivity contribution >= 4 is 45.6 Å². The zero-order valence-electron chi connectivity index (χ0n) is 26.3. The third-order valence-corrected chi connectivity index (χ3v) is 10.2. The predicted octanol–water partition coefficient (Wildman–Crippen LogP) is 0.915. The Kier molecular flexibility index (Phi) is 15.6. The smallest absolute Gasteiger partial charge is 0.745 e. The van der Waals surface area contributed by atoms with Gasteiger partial charge >= 0.3 is 41.6 Å². The Bertz CT molecular complexity index is 1310. The summed E-state index contributed by atoms with van der Waals surface area (Å²) in [6, 6.07) is 4.12. The normalized spacial score (nSPS) is 21.2. The van der Waals surface area contributed by atoms with Crippen molar-refractivity contribution in [2.45, 2.75) is 108 Å². The van der Waals surface area contributed by atoms with E-state index >= 15 is 0 Å². The summed E-state index contributed by atoms with van der Waals surface area (Å²) in [5, 5.41) is 8.33. The Labute approximate surface area is 297 Å². The van der Waals surface area contributed by atoms with Crippen LogP contribution in [-0.4, -0.2) is 60.9 Å². The second-order valence-electron chi connectivity index (χ2n) is 12.4. The maximum atomic E-state index is 13.8. The van der Waals surface area contributed by atoms with Crippen LogP contribution in [0.15, 0.2) is 24.3 Å². The topological polar surface area (TPSA) is 180 Å². The molecule has 1 aliphatic heterocycles. The van der Waals surface area contributed by atoms with Crippen molar-refractivity contribution in [3.8, 4) is 0 Å². The second kappa shape index (κ2) is 18.6. The first-order chi connectivity index (χ1) is 21.5. The number of ether oxygens (including phenoxy) is 2. The molecular formula is C31H43ClN3NaO9S. The van der Waals surface area contributed by atoms with E-state index in [0.29, 0.717) is 36.4 Å². The van der Waals surface area contributed by atoms with Gasteiger partial charge in [-0.15, -0.1) is 0 Å². The van der Waals surface area contributed by atoms with Crippen molar-refractivity contribution in [2.75, 3.05) is 6.54 Å². The summed E-state index contributed by atoms with van der Waals surface area (Å²) in [6.07, 6.45) is 7.76. The molecule has 0 bridgehead atoms. The summed E-state index contributed by atoms with van der Waals surface area (Å²) in [5.41, 5.74) is -1.60. The van der Waals surface area contributed by atoms with E-state index in [1.165, 1.54) is 0 Å². The van der Waals surface area contributed by atoms with E-state index in [1.807, 2.05) is 0 Å². The molecule has 3 N–H and O–H groups in total. The molecule has 2 saturated carbocycles. The molecule has 2 aliphatic carbocycles. The van der Waals surface area contributed by atoms with Gasteiger partial charge in [0.2, 0.25) is 17.3 Å². The number of nitrogens with one attached hydrogen (secondary N) is 3. The Morgan fingerprint density at radius 1 is 0.978 bits per heavy atom. The minimum Gasteiger partial charge on any atom is -0.745 e. The van der Waals surface area contributed by atoms with E-state index in [9.17, 15) is 32.1 Å². The van der Waals surface area contributed by atoms with Gasteiger partial charge in [0.25, 0.3) is 0 Å². The number of hydrogen-bond acceptors (Lipinski definition) is 9. The van der Waals surface area contributed by atoms with Gasteiger partial charge in [-0.05, 0) is 55.7 Å². The van der Waals surface area contributed by atoms with Gasteiger partial charge in [0.1, 0.15) is 22.8 Å². The van der Waals surface area contributed by atoms with E-state index in [2.05, 4.69) is 16.0 Å². The fourth-order valence-electron chi connectivity index (χ4n) is 6.54. The summed E-state index contributed by atoms with van der Waals surface area (Å²) in [7, 11) is -5.28. The number of alkyl carbamates (subject to hydrolysis) is 1. The van der Waals surface area contributed by atoms with Crippen molar-refractivity contribution in [2.24, 2.45) is 17.8 Å². The van der Waals surface area contributed by atoms with Crippen LogP contribution in [0, 0.1) is 17.8 Å². The number of benzene rings is 1. The van der Waals surface area contributed by atoms with Crippen LogP contribution >= 0.6 is 11.6 Å². The molecule has 3 amide bonds. The van der Waals surface area contributed by atoms with Crippen molar-refractivity contribution in [1.29, 1.82) is 0 Å². The average molecular weight is 692 g/mol. The molecule has 3 aliphatic rings. The molecule has 15 heteroatoms. The molecule has 0 aromatic heterocycles. The van der Waals surface area contributed by atoms with E-state index in [-0.39, 0.29) is 60.8 Å². The van der Waals surface area contributed by atoms with Gasteiger partial charge in [-0.25, -0.2) is 13.2 Å². The molecule has 4 rings (SSSR count). The van der Waals surface area contributed by atoms with E-state index in [4.69, 9.17) is 21.1 Å². The molecule has 250 valence electrons. The van der Waals surface area contributed by atoms with Gasteiger partial charge in [0.05, 0.1) is 12.0 Å². The maximum Gasteiger partial charge on any atom is 1.00 e. The standard InChI is InChI=1S/C31H44ClN3O9S.Na/c32-24-13-7-10-21(16-24)19-43-31(39)35-25(17-20-8-3-1-4-9-20)28(37)34-26(18-23-14-15-33-27(23)36)30(45(40,41)42)44-29(38)22-11-5-2-6-12-22;/h7,10,13,16,20,22-23,25-26,30H,1-6,8-9,11-12,14-15,17-19H2,(H,33,36)(H,34,37)(H,35,39)(H,40,41,42);/q;+1/p-1/t23-,25-,26-,30?;/m0./s1. The SMILES string of the molecule is O=C(N[C@@H](CC1CCCCC1)C(=O)N[C@@H](C[C@@H]1CCNC1=O)C(OC(=O)C1CCCCC1)S(=O)(=O)[O-])OCc1cccc(Cl)c1.[Na+]. The molecule has 4 atom stereocenters. The van der Waals surface area contributed by atoms with Crippen LogP contribution in [0.4, 0.5) is 4.79 Å². The zero-order valence-corrected chi connectivity index (χ0v) is 29.9. The summed E-state index contributed by atoms with van der Waals surface area (Å²) in [6.45, 7) is 0.252. The van der Waals surface area contributed by atoms with Gasteiger partial charge < -0.3 is 30.0 Å². The van der Waals surface area contributed by atoms with Crippen LogP contribution < -0.4 is 45.5 Å². The van der Waals surface area contributed by atoms with E-state index < -0.39 is 57.4 Å². The molecule has 0 radical (unpaired) electrons. The zero-order chi connectivity index (χ0) is 32.4. The monoisotopic (exact) mass is 691 g/mol. The van der Waals surface area contributed by atoms with Gasteiger partial charge in [-0.3, -0.25) is 14.4 Å². The number of halogens is 1. The van der Waals surface area contributed by atoms with Crippen molar-refractivity contribution in [1.82, 2.24) is 16.0 Å². The molecule has 1 aromatic carbocycles.